The van der Waals surface area contributed by atoms with Gasteiger partial charge in [-0.3, -0.25) is 4.79 Å². The summed E-state index contributed by atoms with van der Waals surface area (Å²) >= 11 is 5.84. The molecule has 3 nitrogen and oxygen atoms in total. The molecule has 1 amide bonds. The molecule has 1 aromatic rings. The number of piperidine rings is 1. The van der Waals surface area contributed by atoms with Gasteiger partial charge in [-0.25, -0.2) is 8.78 Å². The van der Waals surface area contributed by atoms with Gasteiger partial charge in [0.2, 0.25) is 0 Å². The highest BCUT2D eigenvalue weighted by Crippen LogP contribution is 2.30. The number of rotatable bonds is 1. The lowest BCUT2D eigenvalue weighted by Gasteiger charge is -2.42. The first-order chi connectivity index (χ1) is 9.22. The van der Waals surface area contributed by atoms with Crippen LogP contribution in [-0.4, -0.2) is 29.9 Å². The first kappa shape index (κ1) is 15.2. The van der Waals surface area contributed by atoms with E-state index in [1.165, 1.54) is 0 Å². The minimum Gasteiger partial charge on any atom is -0.338 e. The lowest BCUT2D eigenvalue weighted by Crippen LogP contribution is -2.54. The molecule has 1 aliphatic heterocycles. The molecule has 1 aliphatic rings. The summed E-state index contributed by atoms with van der Waals surface area (Å²) in [5.74, 6) is -2.54. The second-order valence-electron chi connectivity index (χ2n) is 5.86. The standard InChI is InChI=1S/C14H17ClF2N2O/c1-14(2)7-19(4-3-12(14)18)13(20)8-5-10(16)11(17)6-9(8)15/h5-6,12H,3-4,7,18H2,1-2H3. The fraction of sp³-hybridized carbons (Fsp3) is 0.500. The minimum absolute atomic E-state index is 0.00646. The van der Waals surface area contributed by atoms with Crippen molar-refractivity contribution in [3.8, 4) is 0 Å². The number of benzene rings is 1. The van der Waals surface area contributed by atoms with Crippen LogP contribution in [0.4, 0.5) is 8.78 Å². The van der Waals surface area contributed by atoms with Crippen LogP contribution in [0.15, 0.2) is 12.1 Å². The van der Waals surface area contributed by atoms with Gasteiger partial charge in [-0.1, -0.05) is 25.4 Å². The van der Waals surface area contributed by atoms with E-state index in [-0.39, 0.29) is 22.0 Å². The molecule has 1 atom stereocenters. The summed E-state index contributed by atoms with van der Waals surface area (Å²) in [6.07, 6.45) is 0.667. The van der Waals surface area contributed by atoms with Crippen LogP contribution < -0.4 is 5.73 Å². The van der Waals surface area contributed by atoms with Crippen molar-refractivity contribution < 1.29 is 13.6 Å². The lowest BCUT2D eigenvalue weighted by atomic mass is 9.79. The zero-order valence-corrected chi connectivity index (χ0v) is 12.2. The van der Waals surface area contributed by atoms with E-state index in [9.17, 15) is 13.6 Å². The third-order valence-electron chi connectivity index (χ3n) is 3.84. The summed E-state index contributed by atoms with van der Waals surface area (Å²) in [7, 11) is 0. The van der Waals surface area contributed by atoms with Gasteiger partial charge in [0.15, 0.2) is 11.6 Å². The number of halogens is 3. The predicted molar refractivity (Wildman–Crippen MR) is 73.6 cm³/mol. The highest BCUT2D eigenvalue weighted by atomic mass is 35.5. The molecule has 1 unspecified atom stereocenters. The van der Waals surface area contributed by atoms with Gasteiger partial charge >= 0.3 is 0 Å². The molecule has 2 rings (SSSR count). The number of carbonyl (C=O) groups excluding carboxylic acids is 1. The molecule has 1 aromatic carbocycles. The van der Waals surface area contributed by atoms with Crippen molar-refractivity contribution >= 4 is 17.5 Å². The molecule has 6 heteroatoms. The zero-order valence-electron chi connectivity index (χ0n) is 11.4. The highest BCUT2D eigenvalue weighted by molar-refractivity contribution is 6.33. The number of carbonyl (C=O) groups is 1. The lowest BCUT2D eigenvalue weighted by molar-refractivity contribution is 0.0532. The summed E-state index contributed by atoms with van der Waals surface area (Å²) < 4.78 is 26.3. The van der Waals surface area contributed by atoms with E-state index in [2.05, 4.69) is 0 Å². The van der Waals surface area contributed by atoms with Crippen molar-refractivity contribution in [1.82, 2.24) is 4.90 Å². The Morgan fingerprint density at radius 1 is 1.40 bits per heavy atom. The molecule has 20 heavy (non-hydrogen) atoms. The third kappa shape index (κ3) is 2.79. The Labute approximate surface area is 121 Å². The number of hydrogen-bond donors (Lipinski definition) is 1. The third-order valence-corrected chi connectivity index (χ3v) is 4.15. The van der Waals surface area contributed by atoms with Crippen molar-refractivity contribution in [1.29, 1.82) is 0 Å². The summed E-state index contributed by atoms with van der Waals surface area (Å²) in [5, 5.41) is -0.0819. The van der Waals surface area contributed by atoms with Gasteiger partial charge in [-0.15, -0.1) is 0 Å². The maximum atomic E-state index is 13.3. The van der Waals surface area contributed by atoms with Crippen LogP contribution in [0.5, 0.6) is 0 Å². The number of nitrogens with zero attached hydrogens (tertiary/aromatic N) is 1. The minimum atomic E-state index is -1.08. The average Bonchev–Trinajstić information content (AvgIpc) is 2.36. The summed E-state index contributed by atoms with van der Waals surface area (Å²) in [6, 6.07) is 1.68. The molecule has 0 aromatic heterocycles. The fourth-order valence-electron chi connectivity index (χ4n) is 2.40. The van der Waals surface area contributed by atoms with E-state index in [0.717, 1.165) is 12.1 Å². The molecule has 1 heterocycles. The summed E-state index contributed by atoms with van der Waals surface area (Å²) in [4.78, 5) is 14.0. The van der Waals surface area contributed by atoms with Crippen LogP contribution in [0.2, 0.25) is 5.02 Å². The molecule has 0 radical (unpaired) electrons. The van der Waals surface area contributed by atoms with E-state index in [4.69, 9.17) is 17.3 Å². The van der Waals surface area contributed by atoms with Crippen LogP contribution in [0, 0.1) is 17.0 Å². The van der Waals surface area contributed by atoms with Crippen molar-refractivity contribution in [2.24, 2.45) is 11.1 Å². The summed E-state index contributed by atoms with van der Waals surface area (Å²) in [6.45, 7) is 4.90. The second-order valence-corrected chi connectivity index (χ2v) is 6.26. The van der Waals surface area contributed by atoms with E-state index < -0.39 is 17.5 Å². The molecule has 110 valence electrons. The van der Waals surface area contributed by atoms with Gasteiger partial charge in [-0.2, -0.15) is 0 Å². The first-order valence-electron chi connectivity index (χ1n) is 6.42. The second kappa shape index (κ2) is 5.30. The Morgan fingerprint density at radius 3 is 2.60 bits per heavy atom. The van der Waals surface area contributed by atoms with Crippen LogP contribution in [-0.2, 0) is 0 Å². The van der Waals surface area contributed by atoms with Crippen LogP contribution >= 0.6 is 11.6 Å². The van der Waals surface area contributed by atoms with Crippen molar-refractivity contribution in [2.45, 2.75) is 26.3 Å². The zero-order chi connectivity index (χ0) is 15.1. The number of likely N-dealkylation sites (tertiary alicyclic amines) is 1. The summed E-state index contributed by atoms with van der Waals surface area (Å²) in [5.41, 5.74) is 5.77. The van der Waals surface area contributed by atoms with Crippen molar-refractivity contribution in [2.75, 3.05) is 13.1 Å². The first-order valence-corrected chi connectivity index (χ1v) is 6.79. The Balaban J connectivity index is 2.26. The van der Waals surface area contributed by atoms with Gasteiger partial charge < -0.3 is 10.6 Å². The van der Waals surface area contributed by atoms with E-state index in [1.807, 2.05) is 13.8 Å². The normalized spacial score (nSPS) is 21.9. The van der Waals surface area contributed by atoms with Crippen molar-refractivity contribution in [3.63, 3.8) is 0 Å². The van der Waals surface area contributed by atoms with Crippen LogP contribution in [0.25, 0.3) is 0 Å². The number of amides is 1. The van der Waals surface area contributed by atoms with Crippen LogP contribution in [0.1, 0.15) is 30.6 Å². The Morgan fingerprint density at radius 2 is 2.00 bits per heavy atom. The smallest absolute Gasteiger partial charge is 0.255 e. The van der Waals surface area contributed by atoms with Gasteiger partial charge in [0.25, 0.3) is 5.91 Å². The van der Waals surface area contributed by atoms with Crippen LogP contribution in [0.3, 0.4) is 0 Å². The molecule has 0 saturated carbocycles. The van der Waals surface area contributed by atoms with E-state index >= 15 is 0 Å². The maximum absolute atomic E-state index is 13.3. The largest absolute Gasteiger partial charge is 0.338 e. The fourth-order valence-corrected chi connectivity index (χ4v) is 2.64. The Bertz CT molecular complexity index is 548. The molecule has 1 fully saturated rings. The van der Waals surface area contributed by atoms with Gasteiger partial charge in [0.05, 0.1) is 10.6 Å². The van der Waals surface area contributed by atoms with E-state index in [1.54, 1.807) is 4.90 Å². The molecule has 0 aliphatic carbocycles. The molecular weight excluding hydrogens is 286 g/mol. The quantitative estimate of drug-likeness (QED) is 0.811. The number of nitrogens with two attached hydrogens (primary N) is 1. The topological polar surface area (TPSA) is 46.3 Å². The monoisotopic (exact) mass is 302 g/mol. The molecule has 2 N–H and O–H groups in total. The molecule has 1 saturated heterocycles. The molecule has 0 spiro atoms. The molecule has 0 bridgehead atoms. The highest BCUT2D eigenvalue weighted by Gasteiger charge is 2.36. The molecular formula is C14H17ClF2N2O. The number of hydrogen-bond acceptors (Lipinski definition) is 2. The Hall–Kier alpha value is -1.20. The maximum Gasteiger partial charge on any atom is 0.255 e. The van der Waals surface area contributed by atoms with Gasteiger partial charge in [0, 0.05) is 19.1 Å². The SMILES string of the molecule is CC1(C)CN(C(=O)c2cc(F)c(F)cc2Cl)CCC1N. The Kier molecular flexibility index (Phi) is 4.02. The van der Waals surface area contributed by atoms with Gasteiger partial charge in [-0.05, 0) is 24.0 Å². The predicted octanol–water partition coefficient (Wildman–Crippen LogP) is 2.82. The van der Waals surface area contributed by atoms with E-state index in [0.29, 0.717) is 19.5 Å². The average molecular weight is 303 g/mol. The van der Waals surface area contributed by atoms with Crippen molar-refractivity contribution in [3.05, 3.63) is 34.4 Å². The van der Waals surface area contributed by atoms with Gasteiger partial charge in [0.1, 0.15) is 0 Å².